The zero-order valence-corrected chi connectivity index (χ0v) is 16.8. The molecule has 9 heteroatoms. The molecule has 0 aliphatic rings. The first-order valence-electron chi connectivity index (χ1n) is 9.50. The Balaban J connectivity index is 1.74. The molecule has 0 spiro atoms. The van der Waals surface area contributed by atoms with Crippen LogP contribution in [-0.2, 0) is 0 Å². The molecular formula is C22H19F2N5O2. The highest BCUT2D eigenvalue weighted by molar-refractivity contribution is 6.00. The van der Waals surface area contributed by atoms with E-state index in [1.807, 2.05) is 6.92 Å². The van der Waals surface area contributed by atoms with E-state index in [9.17, 15) is 13.6 Å². The summed E-state index contributed by atoms with van der Waals surface area (Å²) in [6.07, 6.45) is 1.71. The van der Waals surface area contributed by atoms with Crippen LogP contribution >= 0.6 is 0 Å². The highest BCUT2D eigenvalue weighted by atomic mass is 19.3. The molecule has 4 rings (SSSR count). The Kier molecular flexibility index (Phi) is 5.57. The molecule has 0 radical (unpaired) electrons. The minimum Gasteiger partial charge on any atom is -0.497 e. The molecule has 0 aliphatic heterocycles. The van der Waals surface area contributed by atoms with Crippen molar-refractivity contribution in [2.45, 2.75) is 19.4 Å². The first kappa shape index (κ1) is 20.4. The summed E-state index contributed by atoms with van der Waals surface area (Å²) in [6, 6.07) is 11.4. The smallest absolute Gasteiger partial charge is 0.280 e. The van der Waals surface area contributed by atoms with Gasteiger partial charge in [0, 0.05) is 18.0 Å². The fourth-order valence-electron chi connectivity index (χ4n) is 3.22. The molecule has 7 nitrogen and oxygen atoms in total. The average Bonchev–Trinajstić information content (AvgIpc) is 3.23. The minimum absolute atomic E-state index is 0.0584. The van der Waals surface area contributed by atoms with Crippen molar-refractivity contribution in [2.24, 2.45) is 0 Å². The number of nitrogens with one attached hydrogen (secondary N) is 1. The zero-order valence-electron chi connectivity index (χ0n) is 16.8. The quantitative estimate of drug-likeness (QED) is 0.502. The van der Waals surface area contributed by atoms with Crippen LogP contribution in [0.1, 0.15) is 41.0 Å². The molecule has 0 unspecified atom stereocenters. The van der Waals surface area contributed by atoms with Crippen molar-refractivity contribution in [1.29, 1.82) is 0 Å². The Morgan fingerprint density at radius 1 is 1.13 bits per heavy atom. The third-order valence-corrected chi connectivity index (χ3v) is 4.91. The van der Waals surface area contributed by atoms with Crippen molar-refractivity contribution in [3.63, 3.8) is 0 Å². The maximum Gasteiger partial charge on any atom is 0.280 e. The number of hydrogen-bond donors (Lipinski definition) is 1. The van der Waals surface area contributed by atoms with Gasteiger partial charge in [-0.1, -0.05) is 0 Å². The van der Waals surface area contributed by atoms with E-state index in [1.165, 1.54) is 12.3 Å². The SMILES string of the molecule is COc1ccc(-c2cc(C(F)F)n3ncc(C(=O)N[C@@H](C)c4ccncc4)c3n2)cc1. The summed E-state index contributed by atoms with van der Waals surface area (Å²) in [6.45, 7) is 1.82. The summed E-state index contributed by atoms with van der Waals surface area (Å²) < 4.78 is 33.6. The number of fused-ring (bicyclic) bond motifs is 1. The van der Waals surface area contributed by atoms with E-state index in [4.69, 9.17) is 4.74 Å². The second-order valence-electron chi connectivity index (χ2n) is 6.86. The number of hydrogen-bond acceptors (Lipinski definition) is 5. The Hall–Kier alpha value is -3.88. The lowest BCUT2D eigenvalue weighted by molar-refractivity contribution is 0.0941. The van der Waals surface area contributed by atoms with Gasteiger partial charge in [0.05, 0.1) is 25.0 Å². The van der Waals surface area contributed by atoms with E-state index in [0.717, 1.165) is 10.1 Å². The van der Waals surface area contributed by atoms with Crippen LogP contribution < -0.4 is 10.1 Å². The molecule has 0 saturated carbocycles. The predicted molar refractivity (Wildman–Crippen MR) is 110 cm³/mol. The first-order chi connectivity index (χ1) is 15.0. The standard InChI is InChI=1S/C22H19F2N5O2/c1-13(14-7-9-25-10-8-14)27-22(30)17-12-26-29-19(20(23)24)11-18(28-21(17)29)15-3-5-16(31-2)6-4-15/h3-13,20H,1-2H3,(H,27,30)/t13-/m0/s1. The summed E-state index contributed by atoms with van der Waals surface area (Å²) in [5.74, 6) is 0.173. The lowest BCUT2D eigenvalue weighted by Crippen LogP contribution is -2.26. The molecule has 158 valence electrons. The number of carbonyl (C=O) groups excluding carboxylic acids is 1. The Morgan fingerprint density at radius 3 is 2.48 bits per heavy atom. The summed E-state index contributed by atoms with van der Waals surface area (Å²) in [5, 5.41) is 6.84. The maximum absolute atomic E-state index is 13.7. The number of carbonyl (C=O) groups is 1. The molecule has 0 fully saturated rings. The lowest BCUT2D eigenvalue weighted by Gasteiger charge is -2.14. The predicted octanol–water partition coefficient (Wildman–Crippen LogP) is 4.23. The second kappa shape index (κ2) is 8.47. The largest absolute Gasteiger partial charge is 0.497 e. The highest BCUT2D eigenvalue weighted by Gasteiger charge is 2.22. The normalized spacial score (nSPS) is 12.2. The monoisotopic (exact) mass is 423 g/mol. The third-order valence-electron chi connectivity index (χ3n) is 4.91. The van der Waals surface area contributed by atoms with Gasteiger partial charge in [-0.25, -0.2) is 18.3 Å². The Labute approximate surface area is 176 Å². The lowest BCUT2D eigenvalue weighted by atomic mass is 10.1. The minimum atomic E-state index is -2.80. The van der Waals surface area contributed by atoms with E-state index in [-0.39, 0.29) is 22.9 Å². The molecule has 4 aromatic rings. The number of alkyl halides is 2. The topological polar surface area (TPSA) is 81.4 Å². The first-order valence-corrected chi connectivity index (χ1v) is 9.50. The van der Waals surface area contributed by atoms with Crippen molar-refractivity contribution in [3.05, 3.63) is 77.9 Å². The van der Waals surface area contributed by atoms with Gasteiger partial charge in [0.1, 0.15) is 17.0 Å². The number of methoxy groups -OCH3 is 1. The van der Waals surface area contributed by atoms with Gasteiger partial charge in [0.25, 0.3) is 12.3 Å². The van der Waals surface area contributed by atoms with E-state index in [1.54, 1.807) is 55.9 Å². The van der Waals surface area contributed by atoms with Crippen LogP contribution in [0, 0.1) is 0 Å². The van der Waals surface area contributed by atoms with Gasteiger partial charge in [-0.3, -0.25) is 9.78 Å². The van der Waals surface area contributed by atoms with Gasteiger partial charge in [0.15, 0.2) is 5.65 Å². The van der Waals surface area contributed by atoms with Crippen LogP contribution in [0.2, 0.25) is 0 Å². The average molecular weight is 423 g/mol. The molecule has 3 heterocycles. The van der Waals surface area contributed by atoms with Crippen molar-refractivity contribution in [1.82, 2.24) is 24.9 Å². The number of halogens is 2. The number of benzene rings is 1. The molecule has 1 amide bonds. The van der Waals surface area contributed by atoms with Gasteiger partial charge in [-0.05, 0) is 55.0 Å². The number of amides is 1. The Bertz CT molecular complexity index is 1210. The van der Waals surface area contributed by atoms with E-state index < -0.39 is 12.3 Å². The van der Waals surface area contributed by atoms with Crippen LogP contribution in [0.25, 0.3) is 16.9 Å². The highest BCUT2D eigenvalue weighted by Crippen LogP contribution is 2.28. The van der Waals surface area contributed by atoms with E-state index >= 15 is 0 Å². The number of nitrogens with zero attached hydrogens (tertiary/aromatic N) is 4. The van der Waals surface area contributed by atoms with Gasteiger partial charge >= 0.3 is 0 Å². The molecular weight excluding hydrogens is 404 g/mol. The molecule has 31 heavy (non-hydrogen) atoms. The van der Waals surface area contributed by atoms with Gasteiger partial charge in [-0.2, -0.15) is 5.10 Å². The van der Waals surface area contributed by atoms with E-state index in [2.05, 4.69) is 20.4 Å². The number of ether oxygens (including phenoxy) is 1. The number of pyridine rings is 1. The molecule has 1 atom stereocenters. The van der Waals surface area contributed by atoms with E-state index in [0.29, 0.717) is 17.0 Å². The van der Waals surface area contributed by atoms with Crippen LogP contribution in [-0.4, -0.2) is 32.6 Å². The van der Waals surface area contributed by atoms with Crippen LogP contribution in [0.15, 0.2) is 61.1 Å². The third kappa shape index (κ3) is 4.07. The maximum atomic E-state index is 13.7. The van der Waals surface area contributed by atoms with Crippen LogP contribution in [0.4, 0.5) is 8.78 Å². The van der Waals surface area contributed by atoms with Crippen LogP contribution in [0.5, 0.6) is 5.75 Å². The Morgan fingerprint density at radius 2 is 1.84 bits per heavy atom. The van der Waals surface area contributed by atoms with Gasteiger partial charge in [0.2, 0.25) is 0 Å². The zero-order chi connectivity index (χ0) is 22.0. The molecule has 0 aliphatic carbocycles. The summed E-state index contributed by atoms with van der Waals surface area (Å²) in [7, 11) is 1.54. The fourth-order valence-corrected chi connectivity index (χ4v) is 3.22. The van der Waals surface area contributed by atoms with Crippen molar-refractivity contribution in [3.8, 4) is 17.0 Å². The molecule has 0 bridgehead atoms. The number of aromatic nitrogens is 4. The molecule has 1 aromatic carbocycles. The van der Waals surface area contributed by atoms with Crippen molar-refractivity contribution in [2.75, 3.05) is 7.11 Å². The molecule has 3 aromatic heterocycles. The van der Waals surface area contributed by atoms with Gasteiger partial charge in [-0.15, -0.1) is 0 Å². The molecule has 1 N–H and O–H groups in total. The van der Waals surface area contributed by atoms with Crippen molar-refractivity contribution < 1.29 is 18.3 Å². The van der Waals surface area contributed by atoms with Gasteiger partial charge < -0.3 is 10.1 Å². The summed E-state index contributed by atoms with van der Waals surface area (Å²) in [4.78, 5) is 21.3. The fraction of sp³-hybridized carbons (Fsp3) is 0.182. The second-order valence-corrected chi connectivity index (χ2v) is 6.86. The molecule has 0 saturated heterocycles. The number of rotatable bonds is 6. The summed E-state index contributed by atoms with van der Waals surface area (Å²) >= 11 is 0. The summed E-state index contributed by atoms with van der Waals surface area (Å²) in [5.41, 5.74) is 1.60. The van der Waals surface area contributed by atoms with Crippen LogP contribution in [0.3, 0.4) is 0 Å². The van der Waals surface area contributed by atoms with Crippen molar-refractivity contribution >= 4 is 11.6 Å².